The van der Waals surface area contributed by atoms with Crippen molar-refractivity contribution in [3.05, 3.63) is 0 Å². The maximum Gasteiger partial charge on any atom is 0.309 e. The molecule has 0 unspecified atom stereocenters. The summed E-state index contributed by atoms with van der Waals surface area (Å²) in [4.78, 5) is 10.5. The highest BCUT2D eigenvalue weighted by Gasteiger charge is 2.54. The van der Waals surface area contributed by atoms with Gasteiger partial charge < -0.3 is 5.11 Å². The molecule has 1 aliphatic rings. The van der Waals surface area contributed by atoms with Crippen LogP contribution >= 0.6 is 0 Å². The third-order valence-corrected chi connectivity index (χ3v) is 2.39. The molecule has 2 nitrogen and oxygen atoms in total. The lowest BCUT2D eigenvalue weighted by Crippen LogP contribution is -2.12. The molecule has 2 atom stereocenters. The van der Waals surface area contributed by atoms with Gasteiger partial charge in [0.1, 0.15) is 0 Å². The first-order valence-electron chi connectivity index (χ1n) is 3.34. The molecule has 1 N–H and O–H groups in total. The van der Waals surface area contributed by atoms with Crippen molar-refractivity contribution in [2.24, 2.45) is 11.3 Å². The molecule has 52 valence electrons. The van der Waals surface area contributed by atoms with Crippen molar-refractivity contribution in [3.8, 4) is 0 Å². The first kappa shape index (κ1) is 6.59. The highest BCUT2D eigenvalue weighted by Crippen LogP contribution is 2.53. The highest BCUT2D eigenvalue weighted by atomic mass is 16.4. The van der Waals surface area contributed by atoms with E-state index in [0.29, 0.717) is 5.92 Å². The van der Waals surface area contributed by atoms with E-state index in [4.69, 9.17) is 5.11 Å². The van der Waals surface area contributed by atoms with Crippen LogP contribution in [0.1, 0.15) is 26.7 Å². The Hall–Kier alpha value is -0.530. The van der Waals surface area contributed by atoms with Gasteiger partial charge in [-0.3, -0.25) is 4.79 Å². The summed E-state index contributed by atoms with van der Waals surface area (Å²) in [5.74, 6) is -0.190. The molecule has 0 amide bonds. The second-order valence-corrected chi connectivity index (χ2v) is 3.03. The lowest BCUT2D eigenvalue weighted by Gasteiger charge is -2.00. The minimum Gasteiger partial charge on any atom is -0.481 e. The third kappa shape index (κ3) is 0.824. The number of carboxylic acids is 1. The van der Waals surface area contributed by atoms with Crippen molar-refractivity contribution in [1.82, 2.24) is 0 Å². The zero-order chi connectivity index (χ0) is 7.07. The number of rotatable bonds is 2. The summed E-state index contributed by atoms with van der Waals surface area (Å²) in [5.41, 5.74) is -0.366. The van der Waals surface area contributed by atoms with Gasteiger partial charge >= 0.3 is 5.97 Å². The molecule has 1 rings (SSSR count). The molecule has 1 fully saturated rings. The van der Waals surface area contributed by atoms with Crippen LogP contribution in [-0.4, -0.2) is 11.1 Å². The molecule has 0 saturated heterocycles. The van der Waals surface area contributed by atoms with Gasteiger partial charge in [0.15, 0.2) is 0 Å². The number of hydrogen-bond donors (Lipinski definition) is 1. The Kier molecular flexibility index (Phi) is 1.26. The Morgan fingerprint density at radius 3 is 2.56 bits per heavy atom. The minimum absolute atomic E-state index is 0.366. The molecule has 9 heavy (non-hydrogen) atoms. The van der Waals surface area contributed by atoms with Gasteiger partial charge in [0, 0.05) is 0 Å². The van der Waals surface area contributed by atoms with E-state index in [9.17, 15) is 4.79 Å². The molecule has 1 aliphatic carbocycles. The third-order valence-electron chi connectivity index (χ3n) is 2.39. The fourth-order valence-electron chi connectivity index (χ4n) is 1.31. The maximum atomic E-state index is 10.5. The summed E-state index contributed by atoms with van der Waals surface area (Å²) >= 11 is 0. The largest absolute Gasteiger partial charge is 0.481 e. The Morgan fingerprint density at radius 2 is 2.44 bits per heavy atom. The summed E-state index contributed by atoms with van der Waals surface area (Å²) in [7, 11) is 0. The first-order chi connectivity index (χ1) is 4.11. The van der Waals surface area contributed by atoms with Crippen LogP contribution in [0.15, 0.2) is 0 Å². The van der Waals surface area contributed by atoms with E-state index in [1.807, 2.05) is 13.8 Å². The van der Waals surface area contributed by atoms with E-state index in [0.717, 1.165) is 12.8 Å². The van der Waals surface area contributed by atoms with Gasteiger partial charge in [0.2, 0.25) is 0 Å². The van der Waals surface area contributed by atoms with E-state index in [2.05, 4.69) is 0 Å². The monoisotopic (exact) mass is 128 g/mol. The predicted octanol–water partition coefficient (Wildman–Crippen LogP) is 1.51. The van der Waals surface area contributed by atoms with Crippen molar-refractivity contribution < 1.29 is 9.90 Å². The molecule has 1 saturated carbocycles. The standard InChI is InChI=1S/C7H12O2/c1-3-5-4-7(5,2)6(8)9/h5H,3-4H2,1-2H3,(H,8,9)/t5-,7+/m1/s1. The number of hydrogen-bond acceptors (Lipinski definition) is 1. The smallest absolute Gasteiger partial charge is 0.309 e. The van der Waals surface area contributed by atoms with E-state index in [1.165, 1.54) is 0 Å². The van der Waals surface area contributed by atoms with Crippen molar-refractivity contribution >= 4 is 5.97 Å². The van der Waals surface area contributed by atoms with Gasteiger partial charge in [0.25, 0.3) is 0 Å². The quantitative estimate of drug-likeness (QED) is 0.612. The van der Waals surface area contributed by atoms with Crippen molar-refractivity contribution in [1.29, 1.82) is 0 Å². The molecule has 0 bridgehead atoms. The Bertz CT molecular complexity index is 142. The molecule has 0 aromatic heterocycles. The molecule has 0 aliphatic heterocycles. The van der Waals surface area contributed by atoms with E-state index >= 15 is 0 Å². The molecular weight excluding hydrogens is 116 g/mol. The van der Waals surface area contributed by atoms with Crippen molar-refractivity contribution in [2.75, 3.05) is 0 Å². The maximum absolute atomic E-state index is 10.5. The predicted molar refractivity (Wildman–Crippen MR) is 34.1 cm³/mol. The average molecular weight is 128 g/mol. The number of aliphatic carboxylic acids is 1. The Morgan fingerprint density at radius 1 is 1.89 bits per heavy atom. The SMILES string of the molecule is CC[C@@H]1C[C@]1(C)C(=O)O. The summed E-state index contributed by atoms with van der Waals surface area (Å²) in [6.45, 7) is 3.86. The zero-order valence-corrected chi connectivity index (χ0v) is 5.85. The highest BCUT2D eigenvalue weighted by molar-refractivity contribution is 5.77. The molecular formula is C7H12O2. The van der Waals surface area contributed by atoms with Gasteiger partial charge in [-0.2, -0.15) is 0 Å². The minimum atomic E-state index is -0.630. The summed E-state index contributed by atoms with van der Waals surface area (Å²) in [6, 6.07) is 0. The van der Waals surface area contributed by atoms with Crippen LogP contribution in [0.3, 0.4) is 0 Å². The Labute approximate surface area is 54.9 Å². The van der Waals surface area contributed by atoms with Crippen molar-refractivity contribution in [3.63, 3.8) is 0 Å². The normalized spacial score (nSPS) is 40.4. The van der Waals surface area contributed by atoms with E-state index in [-0.39, 0.29) is 5.41 Å². The molecule has 2 heteroatoms. The van der Waals surface area contributed by atoms with Crippen LogP contribution in [0, 0.1) is 11.3 Å². The molecule has 0 aromatic carbocycles. The van der Waals surface area contributed by atoms with Crippen LogP contribution in [0.4, 0.5) is 0 Å². The van der Waals surface area contributed by atoms with Crippen LogP contribution in [0.2, 0.25) is 0 Å². The van der Waals surface area contributed by atoms with Gasteiger partial charge in [0.05, 0.1) is 5.41 Å². The molecule has 0 aromatic rings. The summed E-state index contributed by atoms with van der Waals surface area (Å²) in [6.07, 6.45) is 1.88. The molecule has 0 heterocycles. The average Bonchev–Trinajstić information content (AvgIpc) is 2.44. The summed E-state index contributed by atoms with van der Waals surface area (Å²) < 4.78 is 0. The van der Waals surface area contributed by atoms with Crippen LogP contribution in [0.5, 0.6) is 0 Å². The van der Waals surface area contributed by atoms with Gasteiger partial charge in [-0.1, -0.05) is 13.3 Å². The van der Waals surface area contributed by atoms with E-state index in [1.54, 1.807) is 0 Å². The fourth-order valence-corrected chi connectivity index (χ4v) is 1.31. The van der Waals surface area contributed by atoms with E-state index < -0.39 is 5.97 Å². The van der Waals surface area contributed by atoms with Crippen LogP contribution in [-0.2, 0) is 4.79 Å². The zero-order valence-electron chi connectivity index (χ0n) is 5.85. The first-order valence-corrected chi connectivity index (χ1v) is 3.34. The van der Waals surface area contributed by atoms with Gasteiger partial charge in [-0.25, -0.2) is 0 Å². The van der Waals surface area contributed by atoms with Crippen LogP contribution in [0.25, 0.3) is 0 Å². The Balaban J connectivity index is 2.52. The molecule has 0 radical (unpaired) electrons. The van der Waals surface area contributed by atoms with Gasteiger partial charge in [-0.15, -0.1) is 0 Å². The molecule has 0 spiro atoms. The van der Waals surface area contributed by atoms with Crippen molar-refractivity contribution in [2.45, 2.75) is 26.7 Å². The lowest BCUT2D eigenvalue weighted by atomic mass is 10.1. The topological polar surface area (TPSA) is 37.3 Å². The number of carbonyl (C=O) groups is 1. The van der Waals surface area contributed by atoms with Gasteiger partial charge in [-0.05, 0) is 19.3 Å². The lowest BCUT2D eigenvalue weighted by molar-refractivity contribution is -0.143. The second kappa shape index (κ2) is 1.72. The summed E-state index contributed by atoms with van der Waals surface area (Å²) in [5, 5.41) is 8.61. The van der Waals surface area contributed by atoms with Crippen LogP contribution < -0.4 is 0 Å². The second-order valence-electron chi connectivity index (χ2n) is 3.03. The fraction of sp³-hybridized carbons (Fsp3) is 0.857. The number of carboxylic acid groups (broad SMARTS) is 1.